The number of nitrogens with one attached hydrogen (secondary N) is 2. The average Bonchev–Trinajstić information content (AvgIpc) is 2.46. The van der Waals surface area contributed by atoms with Crippen LogP contribution < -0.4 is 10.6 Å². The number of sulfonamides is 1. The first-order valence-electron chi connectivity index (χ1n) is 6.96. The number of aryl methyl sites for hydroxylation is 1. The molecule has 0 saturated carbocycles. The highest BCUT2D eigenvalue weighted by atomic mass is 32.2. The van der Waals surface area contributed by atoms with Crippen molar-refractivity contribution in [3.63, 3.8) is 0 Å². The predicted molar refractivity (Wildman–Crippen MR) is 83.1 cm³/mol. The van der Waals surface area contributed by atoms with Crippen LogP contribution in [0.4, 0.5) is 5.69 Å². The molecule has 6 nitrogen and oxygen atoms in total. The highest BCUT2D eigenvalue weighted by Crippen LogP contribution is 2.25. The maximum absolute atomic E-state index is 12.2. The summed E-state index contributed by atoms with van der Waals surface area (Å²) in [5.41, 5.74) is 2.58. The topological polar surface area (TPSA) is 78.5 Å². The number of anilines is 1. The van der Waals surface area contributed by atoms with Crippen molar-refractivity contribution in [2.75, 3.05) is 38.3 Å². The molecular weight excluding hydrogens is 290 g/mol. The van der Waals surface area contributed by atoms with E-state index in [0.29, 0.717) is 5.56 Å². The number of carbonyl (C=O) groups excluding carboxylic acids is 1. The van der Waals surface area contributed by atoms with Gasteiger partial charge < -0.3 is 10.6 Å². The minimum Gasteiger partial charge on any atom is -0.384 e. The number of benzene rings is 1. The number of hydrogen-bond donors (Lipinski definition) is 2. The van der Waals surface area contributed by atoms with E-state index < -0.39 is 10.0 Å². The van der Waals surface area contributed by atoms with Gasteiger partial charge in [-0.05, 0) is 24.5 Å². The molecule has 0 radical (unpaired) electrons. The van der Waals surface area contributed by atoms with Crippen molar-refractivity contribution in [1.29, 1.82) is 0 Å². The Morgan fingerprint density at radius 3 is 2.86 bits per heavy atom. The van der Waals surface area contributed by atoms with Crippen molar-refractivity contribution >= 4 is 21.6 Å². The van der Waals surface area contributed by atoms with E-state index >= 15 is 0 Å². The molecule has 2 rings (SSSR count). The van der Waals surface area contributed by atoms with E-state index in [4.69, 9.17) is 0 Å². The molecule has 2 N–H and O–H groups in total. The summed E-state index contributed by atoms with van der Waals surface area (Å²) in [7, 11) is -0.329. The fourth-order valence-electron chi connectivity index (χ4n) is 2.27. The second kappa shape index (κ2) is 6.44. The van der Waals surface area contributed by atoms with Gasteiger partial charge in [0.25, 0.3) is 5.91 Å². The van der Waals surface area contributed by atoms with Gasteiger partial charge in [0.1, 0.15) is 0 Å². The Morgan fingerprint density at radius 2 is 2.14 bits per heavy atom. The van der Waals surface area contributed by atoms with Gasteiger partial charge in [0.05, 0.1) is 17.0 Å². The van der Waals surface area contributed by atoms with E-state index in [1.807, 2.05) is 12.1 Å². The third kappa shape index (κ3) is 3.74. The molecule has 0 saturated heterocycles. The largest absolute Gasteiger partial charge is 0.384 e. The molecular formula is C14H21N3O3S. The van der Waals surface area contributed by atoms with Gasteiger partial charge in [-0.3, -0.25) is 4.79 Å². The highest BCUT2D eigenvalue weighted by Gasteiger charge is 2.18. The number of fused-ring (bicyclic) bond motifs is 1. The molecule has 1 aliphatic rings. The van der Waals surface area contributed by atoms with E-state index in [9.17, 15) is 13.2 Å². The standard InChI is InChI=1S/C14H21N3O3S/c1-17(2)21(19,20)10-9-16-14(18)12-7-3-5-11-6-4-8-15-13(11)12/h3,5,7,15H,4,6,8-10H2,1-2H3,(H,16,18). The van der Waals surface area contributed by atoms with Crippen LogP contribution in [0.2, 0.25) is 0 Å². The van der Waals surface area contributed by atoms with Crippen LogP contribution in [0.3, 0.4) is 0 Å². The SMILES string of the molecule is CN(C)S(=O)(=O)CCNC(=O)c1cccc2c1NCCC2. The summed E-state index contributed by atoms with van der Waals surface area (Å²) >= 11 is 0. The normalized spacial score (nSPS) is 14.4. The number of rotatable bonds is 5. The van der Waals surface area contributed by atoms with E-state index in [0.717, 1.165) is 34.9 Å². The average molecular weight is 311 g/mol. The molecule has 116 valence electrons. The van der Waals surface area contributed by atoms with E-state index in [1.54, 1.807) is 6.07 Å². The molecule has 0 atom stereocenters. The second-order valence-electron chi connectivity index (χ2n) is 5.22. The Kier molecular flexibility index (Phi) is 4.84. The number of amides is 1. The summed E-state index contributed by atoms with van der Waals surface area (Å²) in [6.07, 6.45) is 2.01. The molecule has 0 aliphatic carbocycles. The Hall–Kier alpha value is -1.60. The Morgan fingerprint density at radius 1 is 1.38 bits per heavy atom. The number of carbonyl (C=O) groups is 1. The molecule has 0 fully saturated rings. The zero-order valence-corrected chi connectivity index (χ0v) is 13.2. The lowest BCUT2D eigenvalue weighted by molar-refractivity contribution is 0.0956. The van der Waals surface area contributed by atoms with Crippen molar-refractivity contribution in [3.8, 4) is 0 Å². The molecule has 0 aromatic heterocycles. The van der Waals surface area contributed by atoms with Gasteiger partial charge in [-0.25, -0.2) is 12.7 Å². The molecule has 21 heavy (non-hydrogen) atoms. The molecule has 0 unspecified atom stereocenters. The summed E-state index contributed by atoms with van der Waals surface area (Å²) in [4.78, 5) is 12.2. The van der Waals surface area contributed by atoms with Crippen LogP contribution >= 0.6 is 0 Å². The monoisotopic (exact) mass is 311 g/mol. The van der Waals surface area contributed by atoms with Gasteiger partial charge in [0, 0.05) is 27.2 Å². The van der Waals surface area contributed by atoms with Crippen LogP contribution in [0, 0.1) is 0 Å². The van der Waals surface area contributed by atoms with Gasteiger partial charge in [-0.15, -0.1) is 0 Å². The van der Waals surface area contributed by atoms with Gasteiger partial charge in [0.15, 0.2) is 0 Å². The number of hydrogen-bond acceptors (Lipinski definition) is 4. The fraction of sp³-hybridized carbons (Fsp3) is 0.500. The summed E-state index contributed by atoms with van der Waals surface area (Å²) in [5, 5.41) is 5.92. The molecule has 1 amide bonds. The van der Waals surface area contributed by atoms with Crippen molar-refractivity contribution < 1.29 is 13.2 Å². The first kappa shape index (κ1) is 15.8. The number of para-hydroxylation sites is 1. The first-order chi connectivity index (χ1) is 9.92. The third-order valence-electron chi connectivity index (χ3n) is 3.52. The fourth-order valence-corrected chi connectivity index (χ4v) is 3.00. The van der Waals surface area contributed by atoms with Gasteiger partial charge in [-0.1, -0.05) is 12.1 Å². The smallest absolute Gasteiger partial charge is 0.253 e. The van der Waals surface area contributed by atoms with E-state index in [1.165, 1.54) is 14.1 Å². The zero-order chi connectivity index (χ0) is 15.5. The molecule has 7 heteroatoms. The van der Waals surface area contributed by atoms with Crippen molar-refractivity contribution in [2.45, 2.75) is 12.8 Å². The van der Waals surface area contributed by atoms with Crippen LogP contribution in [0.1, 0.15) is 22.3 Å². The molecule has 1 aromatic rings. The van der Waals surface area contributed by atoms with E-state index in [-0.39, 0.29) is 18.2 Å². The van der Waals surface area contributed by atoms with Gasteiger partial charge in [0.2, 0.25) is 10.0 Å². The maximum Gasteiger partial charge on any atom is 0.253 e. The number of nitrogens with zero attached hydrogens (tertiary/aromatic N) is 1. The highest BCUT2D eigenvalue weighted by molar-refractivity contribution is 7.89. The second-order valence-corrected chi connectivity index (χ2v) is 7.53. The lowest BCUT2D eigenvalue weighted by Crippen LogP contribution is -2.34. The first-order valence-corrected chi connectivity index (χ1v) is 8.57. The Balaban J connectivity index is 2.02. The lowest BCUT2D eigenvalue weighted by Gasteiger charge is -2.20. The van der Waals surface area contributed by atoms with Gasteiger partial charge >= 0.3 is 0 Å². The third-order valence-corrected chi connectivity index (χ3v) is 5.35. The minimum atomic E-state index is -3.29. The Labute approximate surface area is 125 Å². The van der Waals surface area contributed by atoms with Crippen molar-refractivity contribution in [3.05, 3.63) is 29.3 Å². The van der Waals surface area contributed by atoms with Crippen LogP contribution in [0.25, 0.3) is 0 Å². The zero-order valence-electron chi connectivity index (χ0n) is 12.3. The quantitative estimate of drug-likeness (QED) is 0.837. The molecule has 0 bridgehead atoms. The molecule has 0 spiro atoms. The van der Waals surface area contributed by atoms with Crippen LogP contribution in [-0.2, 0) is 16.4 Å². The predicted octanol–water partition coefficient (Wildman–Crippen LogP) is 0.666. The summed E-state index contributed by atoms with van der Waals surface area (Å²) in [6, 6.07) is 5.62. The summed E-state index contributed by atoms with van der Waals surface area (Å²) in [6.45, 7) is 0.954. The van der Waals surface area contributed by atoms with Crippen LogP contribution in [0.15, 0.2) is 18.2 Å². The summed E-state index contributed by atoms with van der Waals surface area (Å²) in [5.74, 6) is -0.344. The van der Waals surface area contributed by atoms with Crippen LogP contribution in [0.5, 0.6) is 0 Å². The van der Waals surface area contributed by atoms with Crippen molar-refractivity contribution in [2.24, 2.45) is 0 Å². The summed E-state index contributed by atoms with van der Waals surface area (Å²) < 4.78 is 24.4. The molecule has 1 aliphatic heterocycles. The van der Waals surface area contributed by atoms with E-state index in [2.05, 4.69) is 10.6 Å². The van der Waals surface area contributed by atoms with Crippen LogP contribution in [-0.4, -0.2) is 51.6 Å². The molecule has 1 aromatic carbocycles. The lowest BCUT2D eigenvalue weighted by atomic mass is 9.99. The van der Waals surface area contributed by atoms with Crippen molar-refractivity contribution in [1.82, 2.24) is 9.62 Å². The minimum absolute atomic E-state index is 0.100. The molecule has 1 heterocycles. The maximum atomic E-state index is 12.2. The van der Waals surface area contributed by atoms with Gasteiger partial charge in [-0.2, -0.15) is 0 Å². The Bertz CT molecular complexity index is 626.